The lowest BCUT2D eigenvalue weighted by Crippen LogP contribution is -1.96. The Morgan fingerprint density at radius 3 is 2.53 bits per heavy atom. The van der Waals surface area contributed by atoms with Crippen LogP contribution in [0.4, 0.5) is 5.69 Å². The zero-order valence-corrected chi connectivity index (χ0v) is 10.1. The molecule has 1 aromatic heterocycles. The van der Waals surface area contributed by atoms with Crippen molar-refractivity contribution in [2.75, 3.05) is 20.0 Å². The van der Waals surface area contributed by atoms with Crippen molar-refractivity contribution >= 4 is 5.69 Å². The van der Waals surface area contributed by atoms with Gasteiger partial charge in [0.1, 0.15) is 0 Å². The van der Waals surface area contributed by atoms with Crippen molar-refractivity contribution in [2.45, 2.75) is 0 Å². The van der Waals surface area contributed by atoms with E-state index in [1.807, 2.05) is 19.3 Å². The molecular formula is C12H15N3O2. The van der Waals surface area contributed by atoms with Crippen molar-refractivity contribution in [2.24, 2.45) is 7.05 Å². The van der Waals surface area contributed by atoms with E-state index in [2.05, 4.69) is 5.10 Å². The third-order valence-corrected chi connectivity index (χ3v) is 2.52. The number of ether oxygens (including phenoxy) is 2. The highest BCUT2D eigenvalue weighted by atomic mass is 16.5. The maximum absolute atomic E-state index is 5.84. The van der Waals surface area contributed by atoms with Crippen LogP contribution in [0, 0.1) is 0 Å². The molecule has 0 fully saturated rings. The molecule has 0 atom stereocenters. The number of aryl methyl sites for hydroxylation is 1. The third kappa shape index (κ3) is 2.04. The summed E-state index contributed by atoms with van der Waals surface area (Å²) in [6.45, 7) is 0. The van der Waals surface area contributed by atoms with Gasteiger partial charge in [0.15, 0.2) is 11.5 Å². The number of nitrogen functional groups attached to an aromatic ring is 1. The van der Waals surface area contributed by atoms with Crippen LogP contribution in [0.1, 0.15) is 0 Å². The summed E-state index contributed by atoms with van der Waals surface area (Å²) >= 11 is 0. The van der Waals surface area contributed by atoms with E-state index in [4.69, 9.17) is 15.2 Å². The number of rotatable bonds is 3. The number of aromatic nitrogens is 2. The molecule has 0 aliphatic heterocycles. The van der Waals surface area contributed by atoms with Crippen LogP contribution in [0.25, 0.3) is 11.1 Å². The van der Waals surface area contributed by atoms with Gasteiger partial charge < -0.3 is 15.2 Å². The average Bonchev–Trinajstić information content (AvgIpc) is 2.74. The Morgan fingerprint density at radius 1 is 1.24 bits per heavy atom. The fourth-order valence-corrected chi connectivity index (χ4v) is 1.76. The highest BCUT2D eigenvalue weighted by molar-refractivity contribution is 5.77. The van der Waals surface area contributed by atoms with Crippen LogP contribution < -0.4 is 15.2 Å². The summed E-state index contributed by atoms with van der Waals surface area (Å²) in [7, 11) is 5.05. The van der Waals surface area contributed by atoms with Crippen LogP contribution >= 0.6 is 0 Å². The summed E-state index contributed by atoms with van der Waals surface area (Å²) in [6.07, 6.45) is 3.66. The Hall–Kier alpha value is -2.17. The van der Waals surface area contributed by atoms with E-state index in [-0.39, 0.29) is 0 Å². The summed E-state index contributed by atoms with van der Waals surface area (Å²) in [5, 5.41) is 4.13. The topological polar surface area (TPSA) is 62.3 Å². The van der Waals surface area contributed by atoms with Crippen molar-refractivity contribution in [1.82, 2.24) is 9.78 Å². The zero-order chi connectivity index (χ0) is 12.4. The van der Waals surface area contributed by atoms with Crippen molar-refractivity contribution in [3.8, 4) is 22.6 Å². The molecule has 5 nitrogen and oxygen atoms in total. The largest absolute Gasteiger partial charge is 0.493 e. The quantitative estimate of drug-likeness (QED) is 0.819. The molecule has 0 saturated carbocycles. The van der Waals surface area contributed by atoms with E-state index in [0.29, 0.717) is 17.2 Å². The molecule has 17 heavy (non-hydrogen) atoms. The molecule has 2 aromatic rings. The minimum absolute atomic E-state index is 0.617. The van der Waals surface area contributed by atoms with Crippen LogP contribution in [-0.2, 0) is 7.05 Å². The lowest BCUT2D eigenvalue weighted by atomic mass is 10.1. The molecule has 0 bridgehead atoms. The van der Waals surface area contributed by atoms with Gasteiger partial charge in [-0.2, -0.15) is 5.10 Å². The van der Waals surface area contributed by atoms with E-state index in [1.165, 1.54) is 0 Å². The SMILES string of the molecule is COc1cc(N)cc(-c2cnn(C)c2)c1OC. The van der Waals surface area contributed by atoms with Crippen LogP contribution in [0.5, 0.6) is 11.5 Å². The number of nitrogens with two attached hydrogens (primary N) is 1. The summed E-state index contributed by atoms with van der Waals surface area (Å²) in [5.41, 5.74) is 8.28. The van der Waals surface area contributed by atoms with Gasteiger partial charge in [-0.3, -0.25) is 4.68 Å². The lowest BCUT2D eigenvalue weighted by Gasteiger charge is -2.12. The number of nitrogens with zero attached hydrogens (tertiary/aromatic N) is 2. The number of methoxy groups -OCH3 is 2. The first-order valence-corrected chi connectivity index (χ1v) is 5.16. The lowest BCUT2D eigenvalue weighted by molar-refractivity contribution is 0.356. The fraction of sp³-hybridized carbons (Fsp3) is 0.250. The van der Waals surface area contributed by atoms with Crippen LogP contribution in [0.3, 0.4) is 0 Å². The second-order valence-corrected chi connectivity index (χ2v) is 3.71. The van der Waals surface area contributed by atoms with Gasteiger partial charge in [-0.25, -0.2) is 0 Å². The van der Waals surface area contributed by atoms with Gasteiger partial charge in [-0.05, 0) is 6.07 Å². The Kier molecular flexibility index (Phi) is 2.91. The van der Waals surface area contributed by atoms with Gasteiger partial charge in [0.2, 0.25) is 0 Å². The van der Waals surface area contributed by atoms with Crippen molar-refractivity contribution in [1.29, 1.82) is 0 Å². The summed E-state index contributed by atoms with van der Waals surface area (Å²) < 4.78 is 12.3. The number of benzene rings is 1. The predicted molar refractivity (Wildman–Crippen MR) is 66.2 cm³/mol. The molecular weight excluding hydrogens is 218 g/mol. The summed E-state index contributed by atoms with van der Waals surface area (Å²) in [4.78, 5) is 0. The van der Waals surface area contributed by atoms with Gasteiger partial charge in [0, 0.05) is 36.1 Å². The second kappa shape index (κ2) is 4.37. The zero-order valence-electron chi connectivity index (χ0n) is 10.1. The molecule has 0 aliphatic carbocycles. The fourth-order valence-electron chi connectivity index (χ4n) is 1.76. The second-order valence-electron chi connectivity index (χ2n) is 3.71. The van der Waals surface area contributed by atoms with E-state index >= 15 is 0 Å². The third-order valence-electron chi connectivity index (χ3n) is 2.52. The first-order valence-electron chi connectivity index (χ1n) is 5.16. The van der Waals surface area contributed by atoms with Crippen LogP contribution in [0.2, 0.25) is 0 Å². The molecule has 0 unspecified atom stereocenters. The Morgan fingerprint density at radius 2 is 2.00 bits per heavy atom. The Balaban J connectivity index is 2.63. The number of hydrogen-bond donors (Lipinski definition) is 1. The summed E-state index contributed by atoms with van der Waals surface area (Å²) in [6, 6.07) is 3.58. The molecule has 5 heteroatoms. The molecule has 0 saturated heterocycles. The highest BCUT2D eigenvalue weighted by Gasteiger charge is 2.14. The number of hydrogen-bond acceptors (Lipinski definition) is 4. The van der Waals surface area contributed by atoms with E-state index < -0.39 is 0 Å². The van der Waals surface area contributed by atoms with Gasteiger partial charge >= 0.3 is 0 Å². The highest BCUT2D eigenvalue weighted by Crippen LogP contribution is 2.39. The standard InChI is InChI=1S/C12H15N3O2/c1-15-7-8(6-14-15)10-4-9(13)5-11(16-2)12(10)17-3/h4-7H,13H2,1-3H3. The maximum atomic E-state index is 5.84. The van der Waals surface area contributed by atoms with Crippen LogP contribution in [-0.4, -0.2) is 24.0 Å². The molecule has 0 radical (unpaired) electrons. The molecule has 0 amide bonds. The minimum Gasteiger partial charge on any atom is -0.493 e. The molecule has 2 rings (SSSR count). The van der Waals surface area contributed by atoms with Gasteiger partial charge in [-0.1, -0.05) is 0 Å². The van der Waals surface area contributed by atoms with Crippen LogP contribution in [0.15, 0.2) is 24.5 Å². The van der Waals surface area contributed by atoms with Crippen molar-refractivity contribution in [3.05, 3.63) is 24.5 Å². The molecule has 0 aliphatic rings. The van der Waals surface area contributed by atoms with E-state index in [1.54, 1.807) is 31.2 Å². The molecule has 1 heterocycles. The maximum Gasteiger partial charge on any atom is 0.168 e. The first kappa shape index (κ1) is 11.3. The van der Waals surface area contributed by atoms with Crippen molar-refractivity contribution in [3.63, 3.8) is 0 Å². The molecule has 0 spiro atoms. The van der Waals surface area contributed by atoms with Crippen molar-refractivity contribution < 1.29 is 9.47 Å². The molecule has 90 valence electrons. The molecule has 1 aromatic carbocycles. The van der Waals surface area contributed by atoms with E-state index in [9.17, 15) is 0 Å². The van der Waals surface area contributed by atoms with Gasteiger partial charge in [0.25, 0.3) is 0 Å². The molecule has 2 N–H and O–H groups in total. The smallest absolute Gasteiger partial charge is 0.168 e. The normalized spacial score (nSPS) is 10.3. The Bertz CT molecular complexity index is 535. The van der Waals surface area contributed by atoms with Gasteiger partial charge in [-0.15, -0.1) is 0 Å². The Labute approximate surface area is 99.8 Å². The average molecular weight is 233 g/mol. The minimum atomic E-state index is 0.617. The van der Waals surface area contributed by atoms with Gasteiger partial charge in [0.05, 0.1) is 20.4 Å². The first-order chi connectivity index (χ1) is 8.15. The number of anilines is 1. The summed E-state index contributed by atoms with van der Waals surface area (Å²) in [5.74, 6) is 1.28. The van der Waals surface area contributed by atoms with E-state index in [0.717, 1.165) is 11.1 Å². The predicted octanol–water partition coefficient (Wildman–Crippen LogP) is 1.69. The monoisotopic (exact) mass is 233 g/mol.